The Balaban J connectivity index is 1.87. The summed E-state index contributed by atoms with van der Waals surface area (Å²) in [7, 11) is 0. The van der Waals surface area contributed by atoms with Crippen molar-refractivity contribution in [3.63, 3.8) is 0 Å². The Morgan fingerprint density at radius 3 is 2.45 bits per heavy atom. The summed E-state index contributed by atoms with van der Waals surface area (Å²) >= 11 is 0. The molecule has 2 rings (SSSR count). The van der Waals surface area contributed by atoms with E-state index in [-0.39, 0.29) is 18.1 Å². The minimum Gasteiger partial charge on any atom is -0.373 e. The van der Waals surface area contributed by atoms with Crippen molar-refractivity contribution in [3.8, 4) is 6.07 Å². The maximum absolute atomic E-state index is 12.2. The Morgan fingerprint density at radius 2 is 1.90 bits per heavy atom. The van der Waals surface area contributed by atoms with Gasteiger partial charge in [-0.15, -0.1) is 0 Å². The molecule has 0 spiro atoms. The van der Waals surface area contributed by atoms with E-state index in [0.717, 1.165) is 45.2 Å². The summed E-state index contributed by atoms with van der Waals surface area (Å²) in [4.78, 5) is 14.3. The van der Waals surface area contributed by atoms with Gasteiger partial charge in [0.1, 0.15) is 5.54 Å². The Kier molecular flexibility index (Phi) is 5.00. The summed E-state index contributed by atoms with van der Waals surface area (Å²) in [6, 6.07) is 2.33. The molecule has 2 fully saturated rings. The molecule has 1 aliphatic heterocycles. The fourth-order valence-corrected chi connectivity index (χ4v) is 3.34. The van der Waals surface area contributed by atoms with Crippen molar-refractivity contribution >= 4 is 5.91 Å². The molecule has 1 heterocycles. The van der Waals surface area contributed by atoms with E-state index in [0.29, 0.717) is 6.54 Å². The maximum Gasteiger partial charge on any atom is 0.235 e. The molecule has 0 aromatic rings. The van der Waals surface area contributed by atoms with Crippen LogP contribution < -0.4 is 5.32 Å². The lowest BCUT2D eigenvalue weighted by molar-refractivity contribution is -0.127. The third-order valence-corrected chi connectivity index (χ3v) is 4.16. The van der Waals surface area contributed by atoms with Gasteiger partial charge in [-0.1, -0.05) is 19.3 Å². The van der Waals surface area contributed by atoms with E-state index in [1.165, 1.54) is 0 Å². The van der Waals surface area contributed by atoms with Gasteiger partial charge in [0.2, 0.25) is 5.91 Å². The normalized spacial score (nSPS) is 30.4. The highest BCUT2D eigenvalue weighted by atomic mass is 16.5. The molecule has 1 aliphatic carbocycles. The van der Waals surface area contributed by atoms with Crippen molar-refractivity contribution in [2.24, 2.45) is 0 Å². The number of carbonyl (C=O) groups excluding carboxylic acids is 1. The average Bonchev–Trinajstić information content (AvgIpc) is 2.38. The molecule has 0 bridgehead atoms. The number of hydrogen-bond acceptors (Lipinski definition) is 4. The fourth-order valence-electron chi connectivity index (χ4n) is 3.34. The third-order valence-electron chi connectivity index (χ3n) is 4.16. The van der Waals surface area contributed by atoms with Gasteiger partial charge in [-0.05, 0) is 26.7 Å². The van der Waals surface area contributed by atoms with Gasteiger partial charge in [-0.3, -0.25) is 9.69 Å². The highest BCUT2D eigenvalue weighted by molar-refractivity contribution is 5.79. The van der Waals surface area contributed by atoms with Gasteiger partial charge in [-0.2, -0.15) is 5.26 Å². The molecule has 2 aliphatic rings. The molecule has 1 amide bonds. The zero-order valence-corrected chi connectivity index (χ0v) is 12.5. The van der Waals surface area contributed by atoms with Crippen LogP contribution in [0.4, 0.5) is 0 Å². The summed E-state index contributed by atoms with van der Waals surface area (Å²) < 4.78 is 5.66. The largest absolute Gasteiger partial charge is 0.373 e. The van der Waals surface area contributed by atoms with E-state index < -0.39 is 5.54 Å². The second-order valence-corrected chi connectivity index (χ2v) is 6.25. The molecule has 2 atom stereocenters. The topological polar surface area (TPSA) is 65.4 Å². The third kappa shape index (κ3) is 3.94. The van der Waals surface area contributed by atoms with Gasteiger partial charge in [0.15, 0.2) is 0 Å². The first kappa shape index (κ1) is 15.3. The number of nitrogens with one attached hydrogen (secondary N) is 1. The summed E-state index contributed by atoms with van der Waals surface area (Å²) in [5.74, 6) is -0.0326. The zero-order chi connectivity index (χ0) is 14.6. The lowest BCUT2D eigenvalue weighted by Gasteiger charge is -2.36. The maximum atomic E-state index is 12.2. The minimum atomic E-state index is -0.626. The number of carbonyl (C=O) groups is 1. The summed E-state index contributed by atoms with van der Waals surface area (Å²) in [6.45, 7) is 5.97. The molecule has 112 valence electrons. The number of morpholine rings is 1. The number of hydrogen-bond donors (Lipinski definition) is 1. The van der Waals surface area contributed by atoms with E-state index in [4.69, 9.17) is 4.74 Å². The molecule has 5 heteroatoms. The van der Waals surface area contributed by atoms with Gasteiger partial charge in [-0.25, -0.2) is 0 Å². The summed E-state index contributed by atoms with van der Waals surface area (Å²) in [6.07, 6.45) is 5.10. The first-order valence-corrected chi connectivity index (χ1v) is 7.63. The zero-order valence-electron chi connectivity index (χ0n) is 12.5. The van der Waals surface area contributed by atoms with Crippen LogP contribution in [-0.2, 0) is 9.53 Å². The molecular weight excluding hydrogens is 254 g/mol. The molecule has 0 aromatic heterocycles. The lowest BCUT2D eigenvalue weighted by Crippen LogP contribution is -2.54. The van der Waals surface area contributed by atoms with E-state index >= 15 is 0 Å². The summed E-state index contributed by atoms with van der Waals surface area (Å²) in [5.41, 5.74) is -0.626. The number of nitriles is 1. The molecule has 0 unspecified atom stereocenters. The van der Waals surface area contributed by atoms with Crippen LogP contribution in [0.5, 0.6) is 0 Å². The van der Waals surface area contributed by atoms with Crippen LogP contribution in [0.25, 0.3) is 0 Å². The predicted molar refractivity (Wildman–Crippen MR) is 76.0 cm³/mol. The molecule has 0 aromatic carbocycles. The number of amides is 1. The first-order valence-electron chi connectivity index (χ1n) is 7.63. The van der Waals surface area contributed by atoms with Crippen LogP contribution in [0.15, 0.2) is 0 Å². The number of nitrogens with zero attached hydrogens (tertiary/aromatic N) is 2. The average molecular weight is 279 g/mol. The van der Waals surface area contributed by atoms with Gasteiger partial charge in [0.05, 0.1) is 24.8 Å². The number of rotatable bonds is 3. The molecule has 20 heavy (non-hydrogen) atoms. The Bertz CT molecular complexity index is 375. The second kappa shape index (κ2) is 6.55. The highest BCUT2D eigenvalue weighted by Gasteiger charge is 2.34. The van der Waals surface area contributed by atoms with Crippen LogP contribution in [0.2, 0.25) is 0 Å². The predicted octanol–water partition coefficient (Wildman–Crippen LogP) is 1.44. The lowest BCUT2D eigenvalue weighted by atomic mass is 9.83. The fraction of sp³-hybridized carbons (Fsp3) is 0.867. The van der Waals surface area contributed by atoms with E-state index in [2.05, 4.69) is 16.3 Å². The van der Waals surface area contributed by atoms with Crippen molar-refractivity contribution < 1.29 is 9.53 Å². The molecule has 1 saturated carbocycles. The van der Waals surface area contributed by atoms with Crippen LogP contribution >= 0.6 is 0 Å². The van der Waals surface area contributed by atoms with Crippen LogP contribution in [0, 0.1) is 11.3 Å². The van der Waals surface area contributed by atoms with Crippen molar-refractivity contribution in [2.45, 2.75) is 63.7 Å². The Morgan fingerprint density at radius 1 is 1.30 bits per heavy atom. The second-order valence-electron chi connectivity index (χ2n) is 6.25. The monoisotopic (exact) mass is 279 g/mol. The van der Waals surface area contributed by atoms with Crippen molar-refractivity contribution in [1.29, 1.82) is 5.26 Å². The van der Waals surface area contributed by atoms with Crippen molar-refractivity contribution in [2.75, 3.05) is 19.6 Å². The van der Waals surface area contributed by atoms with Gasteiger partial charge in [0.25, 0.3) is 0 Å². The first-order chi connectivity index (χ1) is 9.53. The van der Waals surface area contributed by atoms with Gasteiger partial charge in [0, 0.05) is 13.1 Å². The van der Waals surface area contributed by atoms with Crippen LogP contribution in [-0.4, -0.2) is 48.2 Å². The van der Waals surface area contributed by atoms with Crippen molar-refractivity contribution in [3.05, 3.63) is 0 Å². The van der Waals surface area contributed by atoms with Crippen molar-refractivity contribution in [1.82, 2.24) is 10.2 Å². The van der Waals surface area contributed by atoms with E-state index in [1.54, 1.807) is 0 Å². The number of ether oxygens (including phenoxy) is 1. The Hall–Kier alpha value is -1.12. The molecule has 1 saturated heterocycles. The smallest absolute Gasteiger partial charge is 0.235 e. The quantitative estimate of drug-likeness (QED) is 0.849. The standard InChI is InChI=1S/C15H25N3O2/c1-12-8-18(9-13(2)20-12)10-14(19)17-15(11-16)6-4-3-5-7-15/h12-13H,3-10H2,1-2H3,(H,17,19)/t12-,13-/m1/s1. The van der Waals surface area contributed by atoms with E-state index in [1.807, 2.05) is 13.8 Å². The van der Waals surface area contributed by atoms with Gasteiger partial charge >= 0.3 is 0 Å². The highest BCUT2D eigenvalue weighted by Crippen LogP contribution is 2.27. The minimum absolute atomic E-state index is 0.0326. The molecule has 5 nitrogen and oxygen atoms in total. The Labute approximate surface area is 121 Å². The molecule has 0 radical (unpaired) electrons. The van der Waals surface area contributed by atoms with Crippen LogP contribution in [0.3, 0.4) is 0 Å². The SMILES string of the molecule is C[C@@H]1CN(CC(=O)NC2(C#N)CCCCC2)C[C@@H](C)O1. The van der Waals surface area contributed by atoms with Gasteiger partial charge < -0.3 is 10.1 Å². The summed E-state index contributed by atoms with van der Waals surface area (Å²) in [5, 5.41) is 12.4. The molecule has 1 N–H and O–H groups in total. The van der Waals surface area contributed by atoms with E-state index in [9.17, 15) is 10.1 Å². The van der Waals surface area contributed by atoms with Crippen LogP contribution in [0.1, 0.15) is 46.0 Å². The molecular formula is C15H25N3O2.